The number of halogens is 1. The number of hydrogen-bond donors (Lipinski definition) is 2. The van der Waals surface area contributed by atoms with Gasteiger partial charge in [0, 0.05) is 39.8 Å². The Morgan fingerprint density at radius 1 is 1.30 bits per heavy atom. The third-order valence-corrected chi connectivity index (χ3v) is 3.72. The van der Waals surface area contributed by atoms with Crippen molar-refractivity contribution in [1.82, 2.24) is 15.1 Å². The summed E-state index contributed by atoms with van der Waals surface area (Å²) >= 11 is 0. The highest BCUT2D eigenvalue weighted by molar-refractivity contribution is 14.0. The minimum absolute atomic E-state index is 0. The van der Waals surface area contributed by atoms with Crippen molar-refractivity contribution in [1.29, 1.82) is 0 Å². The zero-order chi connectivity index (χ0) is 16.0. The van der Waals surface area contributed by atoms with E-state index in [9.17, 15) is 0 Å². The monoisotopic (exact) mass is 443 g/mol. The normalized spacial score (nSPS) is 16.4. The van der Waals surface area contributed by atoms with E-state index in [4.69, 9.17) is 15.2 Å². The molecule has 0 saturated carbocycles. The van der Waals surface area contributed by atoms with E-state index in [1.54, 1.807) is 7.11 Å². The fourth-order valence-corrected chi connectivity index (χ4v) is 2.30. The SMILES string of the molecule is COCCN(C)CCCN=C(N)NCCCN1CCOCC1.I. The molecular weight excluding hydrogens is 409 g/mol. The van der Waals surface area contributed by atoms with Gasteiger partial charge in [-0.2, -0.15) is 0 Å². The molecule has 0 aromatic carbocycles. The largest absolute Gasteiger partial charge is 0.383 e. The van der Waals surface area contributed by atoms with Crippen molar-refractivity contribution < 1.29 is 9.47 Å². The van der Waals surface area contributed by atoms with Crippen LogP contribution in [0.1, 0.15) is 12.8 Å². The first-order chi connectivity index (χ1) is 10.7. The molecule has 1 heterocycles. The zero-order valence-electron chi connectivity index (χ0n) is 14.6. The van der Waals surface area contributed by atoms with Crippen LogP contribution in [0.5, 0.6) is 0 Å². The molecule has 0 amide bonds. The van der Waals surface area contributed by atoms with Crippen LogP contribution in [0.15, 0.2) is 4.99 Å². The van der Waals surface area contributed by atoms with Gasteiger partial charge in [0.25, 0.3) is 0 Å². The Labute approximate surface area is 158 Å². The average molecular weight is 443 g/mol. The molecule has 1 rings (SSSR count). The van der Waals surface area contributed by atoms with Crippen LogP contribution in [0.2, 0.25) is 0 Å². The molecule has 1 aliphatic heterocycles. The lowest BCUT2D eigenvalue weighted by Crippen LogP contribution is -2.39. The maximum absolute atomic E-state index is 5.86. The number of methoxy groups -OCH3 is 1. The first kappa shape index (κ1) is 22.8. The van der Waals surface area contributed by atoms with Crippen LogP contribution in [0.25, 0.3) is 0 Å². The van der Waals surface area contributed by atoms with Gasteiger partial charge in [0.1, 0.15) is 0 Å². The molecule has 1 fully saturated rings. The molecule has 138 valence electrons. The number of morpholine rings is 1. The molecule has 7 nitrogen and oxygen atoms in total. The predicted molar refractivity (Wildman–Crippen MR) is 106 cm³/mol. The minimum atomic E-state index is 0. The Morgan fingerprint density at radius 2 is 2.04 bits per heavy atom. The Hall–Kier alpha value is -0.160. The van der Waals surface area contributed by atoms with Gasteiger partial charge in [0.2, 0.25) is 0 Å². The van der Waals surface area contributed by atoms with Crippen molar-refractivity contribution >= 4 is 29.9 Å². The lowest BCUT2D eigenvalue weighted by atomic mass is 10.3. The van der Waals surface area contributed by atoms with E-state index in [1.165, 1.54) is 0 Å². The molecule has 23 heavy (non-hydrogen) atoms. The maximum atomic E-state index is 5.86. The van der Waals surface area contributed by atoms with Crippen molar-refractivity contribution in [3.63, 3.8) is 0 Å². The van der Waals surface area contributed by atoms with Crippen molar-refractivity contribution in [2.24, 2.45) is 10.7 Å². The van der Waals surface area contributed by atoms with Gasteiger partial charge in [-0.1, -0.05) is 0 Å². The van der Waals surface area contributed by atoms with Gasteiger partial charge in [-0.25, -0.2) is 0 Å². The highest BCUT2D eigenvalue weighted by atomic mass is 127. The van der Waals surface area contributed by atoms with E-state index in [2.05, 4.69) is 27.2 Å². The first-order valence-electron chi connectivity index (χ1n) is 8.23. The molecule has 0 atom stereocenters. The Morgan fingerprint density at radius 3 is 2.74 bits per heavy atom. The van der Waals surface area contributed by atoms with Gasteiger partial charge in [-0.05, 0) is 33.0 Å². The van der Waals surface area contributed by atoms with Crippen LogP contribution in [-0.4, -0.2) is 95.6 Å². The van der Waals surface area contributed by atoms with Crippen LogP contribution in [-0.2, 0) is 9.47 Å². The molecule has 0 unspecified atom stereocenters. The van der Waals surface area contributed by atoms with Crippen molar-refractivity contribution in [2.45, 2.75) is 12.8 Å². The van der Waals surface area contributed by atoms with Gasteiger partial charge in [0.05, 0.1) is 19.8 Å². The highest BCUT2D eigenvalue weighted by Crippen LogP contribution is 1.97. The summed E-state index contributed by atoms with van der Waals surface area (Å²) in [7, 11) is 3.82. The lowest BCUT2D eigenvalue weighted by Gasteiger charge is -2.26. The number of likely N-dealkylation sites (N-methyl/N-ethyl adjacent to an activating group) is 1. The second kappa shape index (κ2) is 15.4. The molecule has 0 aliphatic carbocycles. The number of nitrogens with one attached hydrogen (secondary N) is 1. The molecular formula is C15H34IN5O2. The molecule has 1 saturated heterocycles. The predicted octanol–water partition coefficient (Wildman–Crippen LogP) is 0.199. The summed E-state index contributed by atoms with van der Waals surface area (Å²) < 4.78 is 10.4. The minimum Gasteiger partial charge on any atom is -0.383 e. The summed E-state index contributed by atoms with van der Waals surface area (Å²) in [4.78, 5) is 9.02. The summed E-state index contributed by atoms with van der Waals surface area (Å²) in [5.74, 6) is 0.557. The van der Waals surface area contributed by atoms with Crippen LogP contribution in [0.4, 0.5) is 0 Å². The fraction of sp³-hybridized carbons (Fsp3) is 0.933. The van der Waals surface area contributed by atoms with Crippen molar-refractivity contribution in [2.75, 3.05) is 79.8 Å². The molecule has 0 aromatic heterocycles. The Balaban J connectivity index is 0.00000484. The zero-order valence-corrected chi connectivity index (χ0v) is 17.0. The molecule has 3 N–H and O–H groups in total. The van der Waals surface area contributed by atoms with E-state index < -0.39 is 0 Å². The quantitative estimate of drug-likeness (QED) is 0.206. The van der Waals surface area contributed by atoms with E-state index in [0.29, 0.717) is 5.96 Å². The Bertz CT molecular complexity index is 302. The number of guanidine groups is 1. The number of nitrogens with zero attached hydrogens (tertiary/aromatic N) is 3. The molecule has 0 radical (unpaired) electrons. The van der Waals surface area contributed by atoms with Gasteiger partial charge < -0.3 is 25.4 Å². The number of rotatable bonds is 11. The number of nitrogens with two attached hydrogens (primary N) is 1. The highest BCUT2D eigenvalue weighted by Gasteiger charge is 2.08. The van der Waals surface area contributed by atoms with Gasteiger partial charge in [-0.3, -0.25) is 9.89 Å². The summed E-state index contributed by atoms with van der Waals surface area (Å²) in [6.45, 7) is 9.26. The lowest BCUT2D eigenvalue weighted by molar-refractivity contribution is 0.0376. The molecule has 8 heteroatoms. The Kier molecular flexibility index (Phi) is 15.3. The first-order valence-corrected chi connectivity index (χ1v) is 8.23. The second-order valence-electron chi connectivity index (χ2n) is 5.65. The van der Waals surface area contributed by atoms with Crippen LogP contribution in [0, 0.1) is 0 Å². The number of aliphatic imine (C=N–C) groups is 1. The second-order valence-corrected chi connectivity index (χ2v) is 5.65. The van der Waals surface area contributed by atoms with Gasteiger partial charge >= 0.3 is 0 Å². The van der Waals surface area contributed by atoms with E-state index >= 15 is 0 Å². The fourth-order valence-electron chi connectivity index (χ4n) is 2.30. The van der Waals surface area contributed by atoms with E-state index in [1.807, 2.05) is 0 Å². The van der Waals surface area contributed by atoms with Crippen molar-refractivity contribution in [3.8, 4) is 0 Å². The van der Waals surface area contributed by atoms with E-state index in [0.717, 1.165) is 78.5 Å². The van der Waals surface area contributed by atoms with Crippen molar-refractivity contribution in [3.05, 3.63) is 0 Å². The van der Waals surface area contributed by atoms with Gasteiger partial charge in [0.15, 0.2) is 5.96 Å². The van der Waals surface area contributed by atoms with Crippen LogP contribution >= 0.6 is 24.0 Å². The topological polar surface area (TPSA) is 75.3 Å². The number of ether oxygens (including phenoxy) is 2. The molecule has 1 aliphatic rings. The summed E-state index contributed by atoms with van der Waals surface area (Å²) in [6, 6.07) is 0. The molecule has 0 aromatic rings. The number of hydrogen-bond acceptors (Lipinski definition) is 5. The smallest absolute Gasteiger partial charge is 0.188 e. The standard InChI is InChI=1S/C15H33N5O2.HI/c1-19(9-12-21-2)7-3-5-17-15(16)18-6-4-8-20-10-13-22-14-11-20;/h3-14H2,1-2H3,(H3,16,17,18);1H. The van der Waals surface area contributed by atoms with Crippen LogP contribution in [0.3, 0.4) is 0 Å². The maximum Gasteiger partial charge on any atom is 0.188 e. The van der Waals surface area contributed by atoms with Gasteiger partial charge in [-0.15, -0.1) is 24.0 Å². The summed E-state index contributed by atoms with van der Waals surface area (Å²) in [5, 5.41) is 3.18. The summed E-state index contributed by atoms with van der Waals surface area (Å²) in [6.07, 6.45) is 2.09. The van der Waals surface area contributed by atoms with E-state index in [-0.39, 0.29) is 24.0 Å². The molecule has 0 bridgehead atoms. The van der Waals surface area contributed by atoms with Crippen LogP contribution < -0.4 is 11.1 Å². The third-order valence-electron chi connectivity index (χ3n) is 3.72. The third kappa shape index (κ3) is 12.9. The summed E-state index contributed by atoms with van der Waals surface area (Å²) in [5.41, 5.74) is 5.86. The average Bonchev–Trinajstić information content (AvgIpc) is 2.54. The molecule has 0 spiro atoms.